The summed E-state index contributed by atoms with van der Waals surface area (Å²) in [4.78, 5) is 1.08. The number of anilines is 1. The van der Waals surface area contributed by atoms with Crippen molar-refractivity contribution in [2.75, 3.05) is 18.1 Å². The van der Waals surface area contributed by atoms with Crippen LogP contribution in [-0.4, -0.2) is 12.4 Å². The number of rotatable bonds is 6. The zero-order chi connectivity index (χ0) is 15.2. The topological polar surface area (TPSA) is 35.2 Å². The van der Waals surface area contributed by atoms with E-state index in [1.54, 1.807) is 17.8 Å². The second kappa shape index (κ2) is 7.62. The van der Waals surface area contributed by atoms with Gasteiger partial charge in [-0.05, 0) is 55.7 Å². The van der Waals surface area contributed by atoms with Gasteiger partial charge in [0.1, 0.15) is 5.75 Å². The Morgan fingerprint density at radius 1 is 1.14 bits per heavy atom. The number of nitrogen functional groups attached to an aromatic ring is 1. The fraction of sp³-hybridized carbons (Fsp3) is 0.294. The molecule has 21 heavy (non-hydrogen) atoms. The number of aryl methyl sites for hydroxylation is 2. The molecule has 0 atom stereocenters. The van der Waals surface area contributed by atoms with E-state index in [2.05, 4.69) is 32.0 Å². The van der Waals surface area contributed by atoms with Crippen LogP contribution in [0.5, 0.6) is 5.75 Å². The molecule has 0 amide bonds. The Labute approximate surface area is 135 Å². The lowest BCUT2D eigenvalue weighted by Gasteiger charge is -2.10. The summed E-state index contributed by atoms with van der Waals surface area (Å²) in [5.74, 6) is 1.95. The lowest BCUT2D eigenvalue weighted by molar-refractivity contribution is 0.316. The minimum Gasteiger partial charge on any atom is -0.493 e. The lowest BCUT2D eigenvalue weighted by Crippen LogP contribution is -2.00. The maximum Gasteiger partial charge on any atom is 0.122 e. The minimum absolute atomic E-state index is 0.676. The van der Waals surface area contributed by atoms with Crippen LogP contribution >= 0.6 is 23.4 Å². The highest BCUT2D eigenvalue weighted by Crippen LogP contribution is 2.28. The average molecular weight is 322 g/mol. The first-order valence-electron chi connectivity index (χ1n) is 6.94. The molecule has 2 N–H and O–H groups in total. The van der Waals surface area contributed by atoms with Crippen LogP contribution in [0.3, 0.4) is 0 Å². The molecule has 2 aromatic rings. The molecule has 2 rings (SSSR count). The highest BCUT2D eigenvalue weighted by Gasteiger charge is 2.02. The van der Waals surface area contributed by atoms with Crippen molar-refractivity contribution in [2.45, 2.75) is 25.2 Å². The van der Waals surface area contributed by atoms with Crippen LogP contribution in [0, 0.1) is 13.8 Å². The molecule has 0 radical (unpaired) electrons. The van der Waals surface area contributed by atoms with Crippen molar-refractivity contribution < 1.29 is 4.74 Å². The third-order valence-electron chi connectivity index (χ3n) is 3.12. The number of ether oxygens (including phenoxy) is 1. The number of hydrogen-bond donors (Lipinski definition) is 1. The molecule has 0 unspecified atom stereocenters. The molecule has 0 saturated heterocycles. The van der Waals surface area contributed by atoms with Crippen molar-refractivity contribution in [1.82, 2.24) is 0 Å². The molecular formula is C17H20ClNOS. The highest BCUT2D eigenvalue weighted by molar-refractivity contribution is 7.99. The average Bonchev–Trinajstić information content (AvgIpc) is 2.44. The van der Waals surface area contributed by atoms with Gasteiger partial charge in [-0.15, -0.1) is 11.8 Å². The van der Waals surface area contributed by atoms with Gasteiger partial charge in [0.2, 0.25) is 0 Å². The molecule has 112 valence electrons. The van der Waals surface area contributed by atoms with Gasteiger partial charge >= 0.3 is 0 Å². The first-order valence-corrected chi connectivity index (χ1v) is 8.30. The molecule has 0 aliphatic rings. The minimum atomic E-state index is 0.676. The summed E-state index contributed by atoms with van der Waals surface area (Å²) >= 11 is 7.62. The first kappa shape index (κ1) is 16.1. The second-order valence-corrected chi connectivity index (χ2v) is 6.57. The van der Waals surface area contributed by atoms with E-state index < -0.39 is 0 Å². The summed E-state index contributed by atoms with van der Waals surface area (Å²) in [7, 11) is 0. The number of thioether (sulfide) groups is 1. The number of halogens is 1. The van der Waals surface area contributed by atoms with E-state index in [0.29, 0.717) is 11.6 Å². The van der Waals surface area contributed by atoms with Gasteiger partial charge in [0.25, 0.3) is 0 Å². The summed E-state index contributed by atoms with van der Waals surface area (Å²) in [6, 6.07) is 11.9. The Hall–Kier alpha value is -1.32. The number of nitrogens with two attached hydrogens (primary N) is 1. The monoisotopic (exact) mass is 321 g/mol. The summed E-state index contributed by atoms with van der Waals surface area (Å²) in [5, 5.41) is 0.676. The summed E-state index contributed by atoms with van der Waals surface area (Å²) in [6.07, 6.45) is 0.972. The SMILES string of the molecule is Cc1ccc(C)c(OCCCSc2ccc(Cl)cc2N)c1. The third-order valence-corrected chi connectivity index (χ3v) is 4.53. The number of hydrogen-bond acceptors (Lipinski definition) is 3. The van der Waals surface area contributed by atoms with Crippen molar-refractivity contribution >= 4 is 29.1 Å². The van der Waals surface area contributed by atoms with E-state index >= 15 is 0 Å². The molecule has 0 spiro atoms. The van der Waals surface area contributed by atoms with Crippen LogP contribution in [0.2, 0.25) is 5.02 Å². The molecule has 0 aromatic heterocycles. The number of benzene rings is 2. The zero-order valence-corrected chi connectivity index (χ0v) is 13.9. The summed E-state index contributed by atoms with van der Waals surface area (Å²) in [5.41, 5.74) is 9.06. The lowest BCUT2D eigenvalue weighted by atomic mass is 10.1. The van der Waals surface area contributed by atoms with Crippen molar-refractivity contribution in [3.05, 3.63) is 52.5 Å². The van der Waals surface area contributed by atoms with Crippen LogP contribution in [0.15, 0.2) is 41.3 Å². The molecule has 0 heterocycles. The van der Waals surface area contributed by atoms with Crippen LogP contribution in [0.4, 0.5) is 5.69 Å². The van der Waals surface area contributed by atoms with E-state index in [1.807, 2.05) is 12.1 Å². The molecule has 0 bridgehead atoms. The van der Waals surface area contributed by atoms with E-state index in [-0.39, 0.29) is 0 Å². The van der Waals surface area contributed by atoms with Crippen molar-refractivity contribution in [1.29, 1.82) is 0 Å². The van der Waals surface area contributed by atoms with Gasteiger partial charge in [-0.3, -0.25) is 0 Å². The van der Waals surface area contributed by atoms with Crippen LogP contribution in [0.25, 0.3) is 0 Å². The Balaban J connectivity index is 1.76. The normalized spacial score (nSPS) is 10.6. The van der Waals surface area contributed by atoms with Gasteiger partial charge in [0.05, 0.1) is 6.61 Å². The Morgan fingerprint density at radius 3 is 2.71 bits per heavy atom. The second-order valence-electron chi connectivity index (χ2n) is 5.00. The van der Waals surface area contributed by atoms with E-state index in [4.69, 9.17) is 22.1 Å². The van der Waals surface area contributed by atoms with Gasteiger partial charge in [-0.1, -0.05) is 23.7 Å². The van der Waals surface area contributed by atoms with Gasteiger partial charge in [-0.2, -0.15) is 0 Å². The molecule has 0 fully saturated rings. The van der Waals surface area contributed by atoms with Crippen molar-refractivity contribution in [3.8, 4) is 5.75 Å². The fourth-order valence-electron chi connectivity index (χ4n) is 1.94. The van der Waals surface area contributed by atoms with E-state index in [1.165, 1.54) is 11.1 Å². The Morgan fingerprint density at radius 2 is 1.95 bits per heavy atom. The standard InChI is InChI=1S/C17H20ClNOS/c1-12-4-5-13(2)16(10-12)20-8-3-9-21-17-7-6-14(18)11-15(17)19/h4-7,10-11H,3,8-9,19H2,1-2H3. The smallest absolute Gasteiger partial charge is 0.122 e. The maximum absolute atomic E-state index is 5.93. The molecule has 2 nitrogen and oxygen atoms in total. The maximum atomic E-state index is 5.93. The molecule has 0 aliphatic heterocycles. The zero-order valence-electron chi connectivity index (χ0n) is 12.4. The Bertz CT molecular complexity index is 616. The summed E-state index contributed by atoms with van der Waals surface area (Å²) < 4.78 is 5.84. The van der Waals surface area contributed by atoms with Crippen LogP contribution < -0.4 is 10.5 Å². The largest absolute Gasteiger partial charge is 0.493 e. The van der Waals surface area contributed by atoms with Crippen LogP contribution in [-0.2, 0) is 0 Å². The first-order chi connectivity index (χ1) is 10.1. The predicted octanol–water partition coefficient (Wildman–Crippen LogP) is 5.10. The molecule has 4 heteroatoms. The molecule has 2 aromatic carbocycles. The van der Waals surface area contributed by atoms with E-state index in [0.717, 1.165) is 28.5 Å². The predicted molar refractivity (Wildman–Crippen MR) is 92.6 cm³/mol. The van der Waals surface area contributed by atoms with Gasteiger partial charge in [0, 0.05) is 21.4 Å². The van der Waals surface area contributed by atoms with Gasteiger partial charge in [-0.25, -0.2) is 0 Å². The van der Waals surface area contributed by atoms with Crippen LogP contribution in [0.1, 0.15) is 17.5 Å². The highest BCUT2D eigenvalue weighted by atomic mass is 35.5. The van der Waals surface area contributed by atoms with Crippen molar-refractivity contribution in [3.63, 3.8) is 0 Å². The summed E-state index contributed by atoms with van der Waals surface area (Å²) in [6.45, 7) is 4.86. The van der Waals surface area contributed by atoms with E-state index in [9.17, 15) is 0 Å². The third kappa shape index (κ3) is 4.87. The van der Waals surface area contributed by atoms with Gasteiger partial charge in [0.15, 0.2) is 0 Å². The fourth-order valence-corrected chi connectivity index (χ4v) is 2.99. The molecule has 0 aliphatic carbocycles. The molecular weight excluding hydrogens is 302 g/mol. The quantitative estimate of drug-likeness (QED) is 0.456. The van der Waals surface area contributed by atoms with Crippen molar-refractivity contribution in [2.24, 2.45) is 0 Å². The molecule has 0 saturated carbocycles. The Kier molecular flexibility index (Phi) is 5.83. The van der Waals surface area contributed by atoms with Gasteiger partial charge < -0.3 is 10.5 Å².